The van der Waals surface area contributed by atoms with Gasteiger partial charge >= 0.3 is 10.4 Å². The van der Waals surface area contributed by atoms with Crippen molar-refractivity contribution >= 4 is 39.2 Å². The molecule has 3 aromatic heterocycles. The molecule has 11 nitrogen and oxygen atoms in total. The van der Waals surface area contributed by atoms with Crippen molar-refractivity contribution in [2.45, 2.75) is 6.54 Å². The number of hydrogen-bond donors (Lipinski definition) is 1. The van der Waals surface area contributed by atoms with Crippen molar-refractivity contribution < 1.29 is 21.6 Å². The van der Waals surface area contributed by atoms with Crippen molar-refractivity contribution in [2.75, 3.05) is 7.11 Å². The number of amides is 1. The summed E-state index contributed by atoms with van der Waals surface area (Å²) < 4.78 is 36.5. The van der Waals surface area contributed by atoms with Gasteiger partial charge in [0.1, 0.15) is 11.4 Å². The van der Waals surface area contributed by atoms with Gasteiger partial charge in [-0.25, -0.2) is 8.86 Å². The lowest BCUT2D eigenvalue weighted by atomic mass is 10.2. The first-order valence-corrected chi connectivity index (χ1v) is 12.1. The summed E-state index contributed by atoms with van der Waals surface area (Å²) >= 11 is 7.00. The van der Waals surface area contributed by atoms with E-state index < -0.39 is 10.4 Å². The fourth-order valence-electron chi connectivity index (χ4n) is 2.88. The number of halogens is 1. The summed E-state index contributed by atoms with van der Waals surface area (Å²) in [5.41, 5.74) is 0.655. The molecule has 176 valence electrons. The van der Waals surface area contributed by atoms with Crippen LogP contribution >= 0.6 is 22.9 Å². The zero-order valence-electron chi connectivity index (χ0n) is 17.4. The summed E-state index contributed by atoms with van der Waals surface area (Å²) in [6.45, 7) is 0.0679. The first-order valence-electron chi connectivity index (χ1n) is 9.53. The van der Waals surface area contributed by atoms with E-state index in [9.17, 15) is 18.0 Å². The van der Waals surface area contributed by atoms with Crippen LogP contribution in [0.15, 0.2) is 65.7 Å². The smallest absolute Gasteiger partial charge is 0.359 e. The molecule has 3 heterocycles. The van der Waals surface area contributed by atoms with Gasteiger partial charge in [-0.15, -0.1) is 16.4 Å². The predicted octanol–water partition coefficient (Wildman–Crippen LogP) is 2.33. The van der Waals surface area contributed by atoms with E-state index in [4.69, 9.17) is 15.8 Å². The van der Waals surface area contributed by atoms with Gasteiger partial charge in [-0.05, 0) is 30.3 Å². The third-order valence-electron chi connectivity index (χ3n) is 4.45. The number of aromatic nitrogens is 4. The second-order valence-electron chi connectivity index (χ2n) is 6.66. The molecule has 0 spiro atoms. The Balaban J connectivity index is 1.63. The molecule has 0 aliphatic carbocycles. The van der Waals surface area contributed by atoms with Gasteiger partial charge in [-0.2, -0.15) is 8.42 Å². The normalized spacial score (nSPS) is 11.4. The van der Waals surface area contributed by atoms with Crippen LogP contribution in [0.25, 0.3) is 11.4 Å². The van der Waals surface area contributed by atoms with E-state index >= 15 is 0 Å². The molecule has 4 aromatic rings. The molecular formula is C20H16ClN5O6S2. The van der Waals surface area contributed by atoms with E-state index in [0.717, 1.165) is 18.4 Å². The van der Waals surface area contributed by atoms with Crippen LogP contribution in [0.2, 0.25) is 4.34 Å². The summed E-state index contributed by atoms with van der Waals surface area (Å²) in [6, 6.07) is 12.3. The van der Waals surface area contributed by atoms with Gasteiger partial charge in [0.05, 0.1) is 34.8 Å². The highest BCUT2D eigenvalue weighted by Gasteiger charge is 2.19. The van der Waals surface area contributed by atoms with Crippen LogP contribution in [-0.4, -0.2) is 41.0 Å². The van der Waals surface area contributed by atoms with Gasteiger partial charge < -0.3 is 9.50 Å². The van der Waals surface area contributed by atoms with Crippen molar-refractivity contribution in [3.63, 3.8) is 0 Å². The maximum absolute atomic E-state index is 12.2. The van der Waals surface area contributed by atoms with Crippen LogP contribution in [0.4, 0.5) is 0 Å². The SMILES string of the molecule is COS(=O)(=O)Oc1cc(-n2ccccc2=O)ccc1-n1cc(CNC(=O)c2ccc(Cl)s2)nn1. The molecule has 1 amide bonds. The minimum atomic E-state index is -4.37. The van der Waals surface area contributed by atoms with E-state index in [0.29, 0.717) is 20.6 Å². The molecule has 0 radical (unpaired) electrons. The fraction of sp³-hybridized carbons (Fsp3) is 0.100. The lowest BCUT2D eigenvalue weighted by Crippen LogP contribution is -2.21. The molecule has 34 heavy (non-hydrogen) atoms. The second kappa shape index (κ2) is 9.77. The Labute approximate surface area is 202 Å². The van der Waals surface area contributed by atoms with Gasteiger partial charge in [0.15, 0.2) is 5.75 Å². The van der Waals surface area contributed by atoms with E-state index in [1.807, 2.05) is 0 Å². The van der Waals surface area contributed by atoms with Crippen molar-refractivity contribution in [2.24, 2.45) is 0 Å². The minimum absolute atomic E-state index is 0.0679. The second-order valence-corrected chi connectivity index (χ2v) is 9.69. The monoisotopic (exact) mass is 521 g/mol. The van der Waals surface area contributed by atoms with E-state index in [1.165, 1.54) is 39.8 Å². The molecule has 0 saturated carbocycles. The minimum Gasteiger partial charge on any atom is -0.359 e. The number of benzene rings is 1. The first kappa shape index (κ1) is 23.6. The van der Waals surface area contributed by atoms with Crippen LogP contribution in [0.5, 0.6) is 5.75 Å². The molecule has 0 atom stereocenters. The van der Waals surface area contributed by atoms with Gasteiger partial charge in [-0.1, -0.05) is 22.9 Å². The van der Waals surface area contributed by atoms with Gasteiger partial charge in [0, 0.05) is 18.3 Å². The third kappa shape index (κ3) is 5.34. The summed E-state index contributed by atoms with van der Waals surface area (Å²) in [5.74, 6) is -0.469. The zero-order valence-corrected chi connectivity index (χ0v) is 19.8. The third-order valence-corrected chi connectivity index (χ3v) is 6.48. The van der Waals surface area contributed by atoms with Crippen LogP contribution in [0.1, 0.15) is 15.4 Å². The van der Waals surface area contributed by atoms with Crippen molar-refractivity contribution in [1.29, 1.82) is 0 Å². The Bertz CT molecular complexity index is 1510. The molecule has 0 unspecified atom stereocenters. The fourth-order valence-corrected chi connectivity index (χ4v) is 4.27. The average molecular weight is 522 g/mol. The van der Waals surface area contributed by atoms with Crippen molar-refractivity contribution in [3.05, 3.63) is 86.2 Å². The molecular weight excluding hydrogens is 506 g/mol. The highest BCUT2D eigenvalue weighted by atomic mass is 35.5. The van der Waals surface area contributed by atoms with E-state index in [1.54, 1.807) is 30.3 Å². The lowest BCUT2D eigenvalue weighted by molar-refractivity contribution is 0.0954. The number of hydrogen-bond acceptors (Lipinski definition) is 9. The standard InChI is InChI=1S/C20H16ClN5O6S2/c1-31-34(29,30)32-16-10-14(25-9-3-2-4-19(25)27)5-6-15(16)26-12-13(23-24-26)11-22-20(28)17-7-8-18(21)33-17/h2-10,12H,11H2,1H3,(H,22,28). The van der Waals surface area contributed by atoms with Crippen LogP contribution in [0, 0.1) is 0 Å². The van der Waals surface area contributed by atoms with Crippen LogP contribution in [-0.2, 0) is 21.1 Å². The highest BCUT2D eigenvalue weighted by Crippen LogP contribution is 2.27. The van der Waals surface area contributed by atoms with Crippen LogP contribution in [0.3, 0.4) is 0 Å². The Hall–Kier alpha value is -3.52. The van der Waals surface area contributed by atoms with Gasteiger partial charge in [0.25, 0.3) is 11.5 Å². The van der Waals surface area contributed by atoms with Crippen molar-refractivity contribution in [3.8, 4) is 17.1 Å². The molecule has 14 heteroatoms. The number of nitrogens with zero attached hydrogens (tertiary/aromatic N) is 4. The number of rotatable bonds is 8. The summed E-state index contributed by atoms with van der Waals surface area (Å²) in [5, 5.41) is 10.7. The summed E-state index contributed by atoms with van der Waals surface area (Å²) in [6.07, 6.45) is 3.03. The lowest BCUT2D eigenvalue weighted by Gasteiger charge is -2.12. The molecule has 4 rings (SSSR count). The predicted molar refractivity (Wildman–Crippen MR) is 124 cm³/mol. The zero-order chi connectivity index (χ0) is 24.3. The number of nitrogens with one attached hydrogen (secondary N) is 1. The maximum Gasteiger partial charge on any atom is 0.448 e. The number of carbonyl (C=O) groups excluding carboxylic acids is 1. The Morgan fingerprint density at radius 2 is 2.03 bits per heavy atom. The van der Waals surface area contributed by atoms with Crippen LogP contribution < -0.4 is 15.1 Å². The summed E-state index contributed by atoms with van der Waals surface area (Å²) in [4.78, 5) is 24.8. The molecule has 1 N–H and O–H groups in total. The number of thiophene rings is 1. The highest BCUT2D eigenvalue weighted by molar-refractivity contribution is 7.82. The Kier molecular flexibility index (Phi) is 6.79. The average Bonchev–Trinajstić information content (AvgIpc) is 3.47. The van der Waals surface area contributed by atoms with Gasteiger partial charge in [-0.3, -0.25) is 14.2 Å². The molecule has 0 aliphatic rings. The Morgan fingerprint density at radius 1 is 1.21 bits per heavy atom. The molecule has 0 fully saturated rings. The Morgan fingerprint density at radius 3 is 2.74 bits per heavy atom. The quantitative estimate of drug-likeness (QED) is 0.373. The maximum atomic E-state index is 12.2. The molecule has 0 saturated heterocycles. The van der Waals surface area contributed by atoms with Gasteiger partial charge in [0.2, 0.25) is 0 Å². The number of carbonyl (C=O) groups is 1. The van der Waals surface area contributed by atoms with Crippen molar-refractivity contribution in [1.82, 2.24) is 24.9 Å². The first-order chi connectivity index (χ1) is 16.3. The van der Waals surface area contributed by atoms with E-state index in [2.05, 4.69) is 19.8 Å². The molecule has 0 aliphatic heterocycles. The van der Waals surface area contributed by atoms with E-state index in [-0.39, 0.29) is 29.4 Å². The number of pyridine rings is 1. The topological polar surface area (TPSA) is 134 Å². The molecule has 0 bridgehead atoms. The summed E-state index contributed by atoms with van der Waals surface area (Å²) in [7, 11) is -3.42. The largest absolute Gasteiger partial charge is 0.448 e. The molecule has 1 aromatic carbocycles.